The molecule has 0 amide bonds. The lowest BCUT2D eigenvalue weighted by Gasteiger charge is -2.16. The molecule has 2 rings (SSSR count). The largest absolute Gasteiger partial charge is 0.494 e. The first-order valence-corrected chi connectivity index (χ1v) is 5.77. The molecule has 2 atom stereocenters. The molecule has 1 aromatic carbocycles. The van der Waals surface area contributed by atoms with Gasteiger partial charge in [0.05, 0.1) is 6.61 Å². The van der Waals surface area contributed by atoms with Crippen molar-refractivity contribution in [3.63, 3.8) is 0 Å². The number of nitrogens with one attached hydrogen (secondary N) is 1. The van der Waals surface area contributed by atoms with Gasteiger partial charge in [0.25, 0.3) is 0 Å². The van der Waals surface area contributed by atoms with Crippen LogP contribution in [0.5, 0.6) is 5.75 Å². The van der Waals surface area contributed by atoms with E-state index in [1.807, 2.05) is 6.92 Å². The SMILES string of the molecule is CCOc1ccc(C2NCCC2C)cc1. The van der Waals surface area contributed by atoms with Crippen LogP contribution in [0.25, 0.3) is 0 Å². The number of rotatable bonds is 3. The van der Waals surface area contributed by atoms with E-state index in [9.17, 15) is 0 Å². The summed E-state index contributed by atoms with van der Waals surface area (Å²) in [5, 5.41) is 3.53. The van der Waals surface area contributed by atoms with Crippen molar-refractivity contribution in [3.8, 4) is 5.75 Å². The van der Waals surface area contributed by atoms with Gasteiger partial charge in [0.15, 0.2) is 0 Å². The van der Waals surface area contributed by atoms with Crippen LogP contribution in [0.4, 0.5) is 0 Å². The summed E-state index contributed by atoms with van der Waals surface area (Å²) < 4.78 is 5.43. The van der Waals surface area contributed by atoms with Gasteiger partial charge in [-0.3, -0.25) is 0 Å². The van der Waals surface area contributed by atoms with Gasteiger partial charge in [-0.15, -0.1) is 0 Å². The molecule has 1 aliphatic rings. The summed E-state index contributed by atoms with van der Waals surface area (Å²) in [4.78, 5) is 0. The van der Waals surface area contributed by atoms with E-state index in [1.54, 1.807) is 0 Å². The van der Waals surface area contributed by atoms with Gasteiger partial charge in [-0.05, 0) is 43.5 Å². The maximum Gasteiger partial charge on any atom is 0.119 e. The van der Waals surface area contributed by atoms with Crippen LogP contribution in [0, 0.1) is 5.92 Å². The highest BCUT2D eigenvalue weighted by molar-refractivity contribution is 5.29. The van der Waals surface area contributed by atoms with Gasteiger partial charge in [-0.2, -0.15) is 0 Å². The van der Waals surface area contributed by atoms with E-state index in [4.69, 9.17) is 4.74 Å². The summed E-state index contributed by atoms with van der Waals surface area (Å²) >= 11 is 0. The molecular weight excluding hydrogens is 186 g/mol. The second-order valence-corrected chi connectivity index (χ2v) is 4.20. The quantitative estimate of drug-likeness (QED) is 0.819. The Morgan fingerprint density at radius 1 is 1.33 bits per heavy atom. The van der Waals surface area contributed by atoms with Crippen LogP contribution in [-0.4, -0.2) is 13.2 Å². The molecule has 0 bridgehead atoms. The van der Waals surface area contributed by atoms with E-state index in [0.29, 0.717) is 6.04 Å². The van der Waals surface area contributed by atoms with Crippen molar-refractivity contribution < 1.29 is 4.74 Å². The molecule has 2 nitrogen and oxygen atoms in total. The number of benzene rings is 1. The van der Waals surface area contributed by atoms with Crippen LogP contribution in [0.15, 0.2) is 24.3 Å². The van der Waals surface area contributed by atoms with Crippen LogP contribution >= 0.6 is 0 Å². The third-order valence-corrected chi connectivity index (χ3v) is 3.08. The molecule has 15 heavy (non-hydrogen) atoms. The van der Waals surface area contributed by atoms with Gasteiger partial charge in [-0.1, -0.05) is 19.1 Å². The molecule has 1 aromatic rings. The fraction of sp³-hybridized carbons (Fsp3) is 0.538. The summed E-state index contributed by atoms with van der Waals surface area (Å²) in [6.07, 6.45) is 1.28. The zero-order valence-corrected chi connectivity index (χ0v) is 9.49. The van der Waals surface area contributed by atoms with Crippen LogP contribution in [0.1, 0.15) is 31.9 Å². The summed E-state index contributed by atoms with van der Waals surface area (Å²) in [5.41, 5.74) is 1.38. The van der Waals surface area contributed by atoms with Gasteiger partial charge in [0, 0.05) is 6.04 Å². The molecule has 1 aliphatic heterocycles. The highest BCUT2D eigenvalue weighted by Gasteiger charge is 2.23. The minimum Gasteiger partial charge on any atom is -0.494 e. The first-order chi connectivity index (χ1) is 7.31. The Kier molecular flexibility index (Phi) is 3.27. The lowest BCUT2D eigenvalue weighted by molar-refractivity contribution is 0.340. The Morgan fingerprint density at radius 3 is 2.60 bits per heavy atom. The van der Waals surface area contributed by atoms with Crippen molar-refractivity contribution in [2.24, 2.45) is 5.92 Å². The Bertz CT molecular complexity index is 307. The summed E-state index contributed by atoms with van der Waals surface area (Å²) in [7, 11) is 0. The average molecular weight is 205 g/mol. The predicted octanol–water partition coefficient (Wildman–Crippen LogP) is 2.76. The normalized spacial score (nSPS) is 25.5. The fourth-order valence-electron chi connectivity index (χ4n) is 2.22. The maximum absolute atomic E-state index is 5.43. The molecule has 1 saturated heterocycles. The molecule has 82 valence electrons. The molecule has 0 aliphatic carbocycles. The highest BCUT2D eigenvalue weighted by atomic mass is 16.5. The van der Waals surface area contributed by atoms with Crippen LogP contribution < -0.4 is 10.1 Å². The highest BCUT2D eigenvalue weighted by Crippen LogP contribution is 2.29. The Labute approximate surface area is 91.6 Å². The summed E-state index contributed by atoms with van der Waals surface area (Å²) in [6.45, 7) is 6.19. The Hall–Kier alpha value is -1.02. The van der Waals surface area contributed by atoms with E-state index in [0.717, 1.165) is 24.8 Å². The number of hydrogen-bond acceptors (Lipinski definition) is 2. The van der Waals surface area contributed by atoms with Gasteiger partial charge >= 0.3 is 0 Å². The average Bonchev–Trinajstić information content (AvgIpc) is 2.66. The van der Waals surface area contributed by atoms with Gasteiger partial charge in [-0.25, -0.2) is 0 Å². The molecule has 0 spiro atoms. The van der Waals surface area contributed by atoms with Crippen molar-refractivity contribution in [1.82, 2.24) is 5.32 Å². The third-order valence-electron chi connectivity index (χ3n) is 3.08. The van der Waals surface area contributed by atoms with Crippen molar-refractivity contribution >= 4 is 0 Å². The first kappa shape index (κ1) is 10.5. The lowest BCUT2D eigenvalue weighted by Crippen LogP contribution is -2.16. The van der Waals surface area contributed by atoms with Crippen molar-refractivity contribution in [1.29, 1.82) is 0 Å². The van der Waals surface area contributed by atoms with E-state index in [1.165, 1.54) is 12.0 Å². The van der Waals surface area contributed by atoms with Gasteiger partial charge in [0.2, 0.25) is 0 Å². The minimum atomic E-state index is 0.528. The summed E-state index contributed by atoms with van der Waals surface area (Å²) in [6, 6.07) is 8.99. The van der Waals surface area contributed by atoms with E-state index in [2.05, 4.69) is 36.5 Å². The van der Waals surface area contributed by atoms with E-state index >= 15 is 0 Å². The van der Waals surface area contributed by atoms with Crippen molar-refractivity contribution in [2.45, 2.75) is 26.3 Å². The van der Waals surface area contributed by atoms with Gasteiger partial charge < -0.3 is 10.1 Å². The maximum atomic E-state index is 5.43. The van der Waals surface area contributed by atoms with Crippen LogP contribution in [0.3, 0.4) is 0 Å². The van der Waals surface area contributed by atoms with Crippen LogP contribution in [-0.2, 0) is 0 Å². The second-order valence-electron chi connectivity index (χ2n) is 4.20. The first-order valence-electron chi connectivity index (χ1n) is 5.77. The molecule has 0 saturated carbocycles. The van der Waals surface area contributed by atoms with Crippen molar-refractivity contribution in [2.75, 3.05) is 13.2 Å². The number of ether oxygens (including phenoxy) is 1. The molecule has 2 unspecified atom stereocenters. The molecular formula is C13H19NO. The third kappa shape index (κ3) is 2.32. The van der Waals surface area contributed by atoms with E-state index < -0.39 is 0 Å². The Morgan fingerprint density at radius 2 is 2.07 bits per heavy atom. The van der Waals surface area contributed by atoms with Crippen molar-refractivity contribution in [3.05, 3.63) is 29.8 Å². The van der Waals surface area contributed by atoms with Gasteiger partial charge in [0.1, 0.15) is 5.75 Å². The lowest BCUT2D eigenvalue weighted by atomic mass is 9.96. The van der Waals surface area contributed by atoms with E-state index in [-0.39, 0.29) is 0 Å². The molecule has 1 heterocycles. The standard InChI is InChI=1S/C13H19NO/c1-3-15-12-6-4-11(5-7-12)13-10(2)8-9-14-13/h4-7,10,13-14H,3,8-9H2,1-2H3. The predicted molar refractivity (Wildman–Crippen MR) is 62.1 cm³/mol. The van der Waals surface area contributed by atoms with Crippen LogP contribution in [0.2, 0.25) is 0 Å². The second kappa shape index (κ2) is 4.67. The molecule has 2 heteroatoms. The Balaban J connectivity index is 2.09. The topological polar surface area (TPSA) is 21.3 Å². The zero-order valence-electron chi connectivity index (χ0n) is 9.49. The minimum absolute atomic E-state index is 0.528. The fourth-order valence-corrected chi connectivity index (χ4v) is 2.22. The number of hydrogen-bond donors (Lipinski definition) is 1. The molecule has 1 fully saturated rings. The summed E-state index contributed by atoms with van der Waals surface area (Å²) in [5.74, 6) is 1.70. The molecule has 1 N–H and O–H groups in total. The molecule has 0 aromatic heterocycles. The molecule has 0 radical (unpaired) electrons. The zero-order chi connectivity index (χ0) is 10.7. The monoisotopic (exact) mass is 205 g/mol. The smallest absolute Gasteiger partial charge is 0.119 e.